The third kappa shape index (κ3) is 3.85. The molecule has 0 bridgehead atoms. The number of nitrogens with zero attached hydrogens (tertiary/aromatic N) is 1. The number of sulfonamides is 1. The lowest BCUT2D eigenvalue weighted by Gasteiger charge is -2.11. The van der Waals surface area contributed by atoms with Crippen LogP contribution in [0, 0.1) is 13.8 Å². The second kappa shape index (κ2) is 6.62. The molecule has 2 rings (SSSR count). The van der Waals surface area contributed by atoms with Crippen molar-refractivity contribution in [1.82, 2.24) is 4.98 Å². The highest BCUT2D eigenvalue weighted by Gasteiger charge is 2.17. The van der Waals surface area contributed by atoms with Crippen molar-refractivity contribution in [3.63, 3.8) is 0 Å². The summed E-state index contributed by atoms with van der Waals surface area (Å²) < 4.78 is 27.4. The zero-order chi connectivity index (χ0) is 16.2. The zero-order valence-electron chi connectivity index (χ0n) is 12.6. The molecular weight excluding hydrogens is 298 g/mol. The van der Waals surface area contributed by atoms with Gasteiger partial charge in [-0.2, -0.15) is 0 Å². The first-order valence-electron chi connectivity index (χ1n) is 6.83. The minimum atomic E-state index is -3.65. The fraction of sp³-hybridized carbons (Fsp3) is 0.188. The topological polar surface area (TPSA) is 71.1 Å². The van der Waals surface area contributed by atoms with Gasteiger partial charge in [0, 0.05) is 6.54 Å². The standard InChI is InChI=1S/C16H19N3O2S/c1-4-9-17-14-7-8-16(18-11-14)19-22(20,21)15-10-12(2)5-6-13(15)3/h4-8,10-11,17H,1,9H2,2-3H3,(H,18,19). The summed E-state index contributed by atoms with van der Waals surface area (Å²) >= 11 is 0. The van der Waals surface area contributed by atoms with Crippen LogP contribution < -0.4 is 10.0 Å². The second-order valence-corrected chi connectivity index (χ2v) is 6.63. The van der Waals surface area contributed by atoms with Crippen molar-refractivity contribution in [3.05, 3.63) is 60.3 Å². The van der Waals surface area contributed by atoms with Crippen molar-refractivity contribution < 1.29 is 8.42 Å². The molecule has 0 radical (unpaired) electrons. The first kappa shape index (κ1) is 16.0. The molecule has 2 aromatic rings. The average Bonchev–Trinajstić information content (AvgIpc) is 2.48. The summed E-state index contributed by atoms with van der Waals surface area (Å²) in [6, 6.07) is 8.70. The normalized spacial score (nSPS) is 11.0. The Morgan fingerprint density at radius 3 is 2.64 bits per heavy atom. The van der Waals surface area contributed by atoms with E-state index in [-0.39, 0.29) is 10.7 Å². The van der Waals surface area contributed by atoms with E-state index in [1.165, 1.54) is 0 Å². The quantitative estimate of drug-likeness (QED) is 0.803. The van der Waals surface area contributed by atoms with Gasteiger partial charge in [-0.1, -0.05) is 18.2 Å². The van der Waals surface area contributed by atoms with E-state index in [1.54, 1.807) is 43.5 Å². The highest BCUT2D eigenvalue weighted by Crippen LogP contribution is 2.20. The molecule has 22 heavy (non-hydrogen) atoms. The number of benzene rings is 1. The lowest BCUT2D eigenvalue weighted by molar-refractivity contribution is 0.600. The van der Waals surface area contributed by atoms with E-state index in [1.807, 2.05) is 13.0 Å². The number of pyridine rings is 1. The average molecular weight is 317 g/mol. The van der Waals surface area contributed by atoms with Crippen LogP contribution in [-0.2, 0) is 10.0 Å². The van der Waals surface area contributed by atoms with Gasteiger partial charge in [-0.15, -0.1) is 6.58 Å². The summed E-state index contributed by atoms with van der Waals surface area (Å²) in [5.74, 6) is 0.282. The van der Waals surface area contributed by atoms with Crippen LogP contribution in [0.2, 0.25) is 0 Å². The molecular formula is C16H19N3O2S. The Morgan fingerprint density at radius 2 is 2.00 bits per heavy atom. The molecule has 6 heteroatoms. The Kier molecular flexibility index (Phi) is 4.82. The van der Waals surface area contributed by atoms with Crippen LogP contribution in [0.1, 0.15) is 11.1 Å². The maximum absolute atomic E-state index is 12.5. The Balaban J connectivity index is 2.21. The number of nitrogens with one attached hydrogen (secondary N) is 2. The molecule has 0 spiro atoms. The molecule has 5 nitrogen and oxygen atoms in total. The molecule has 0 amide bonds. The summed E-state index contributed by atoms with van der Waals surface area (Å²) in [5, 5.41) is 3.07. The van der Waals surface area contributed by atoms with E-state index in [9.17, 15) is 8.42 Å². The Hall–Kier alpha value is -2.34. The van der Waals surface area contributed by atoms with E-state index in [0.717, 1.165) is 11.3 Å². The number of rotatable bonds is 6. The zero-order valence-corrected chi connectivity index (χ0v) is 13.4. The van der Waals surface area contributed by atoms with Gasteiger partial charge in [-0.05, 0) is 43.2 Å². The largest absolute Gasteiger partial charge is 0.380 e. The number of anilines is 2. The maximum Gasteiger partial charge on any atom is 0.263 e. The molecule has 0 fully saturated rings. The number of hydrogen-bond acceptors (Lipinski definition) is 4. The van der Waals surface area contributed by atoms with Crippen molar-refractivity contribution in [2.75, 3.05) is 16.6 Å². The fourth-order valence-corrected chi connectivity index (χ4v) is 3.28. The molecule has 1 heterocycles. The molecule has 0 aliphatic heterocycles. The van der Waals surface area contributed by atoms with Crippen molar-refractivity contribution in [2.45, 2.75) is 18.7 Å². The molecule has 0 saturated heterocycles. The molecule has 0 unspecified atom stereocenters. The van der Waals surface area contributed by atoms with Gasteiger partial charge in [0.05, 0.1) is 16.8 Å². The molecule has 0 aliphatic rings. The van der Waals surface area contributed by atoms with Crippen molar-refractivity contribution in [3.8, 4) is 0 Å². The van der Waals surface area contributed by atoms with Crippen LogP contribution in [0.3, 0.4) is 0 Å². The van der Waals surface area contributed by atoms with Crippen LogP contribution in [0.25, 0.3) is 0 Å². The van der Waals surface area contributed by atoms with Gasteiger partial charge in [-0.3, -0.25) is 4.72 Å². The van der Waals surface area contributed by atoms with Crippen LogP contribution in [0.15, 0.2) is 54.1 Å². The third-order valence-electron chi connectivity index (χ3n) is 3.09. The van der Waals surface area contributed by atoms with Gasteiger partial charge in [0.1, 0.15) is 5.82 Å². The van der Waals surface area contributed by atoms with Crippen molar-refractivity contribution in [1.29, 1.82) is 0 Å². The predicted octanol–water partition coefficient (Wildman–Crippen LogP) is 3.10. The summed E-state index contributed by atoms with van der Waals surface area (Å²) in [6.07, 6.45) is 3.31. The Bertz CT molecular complexity index is 768. The smallest absolute Gasteiger partial charge is 0.263 e. The third-order valence-corrected chi connectivity index (χ3v) is 4.58. The van der Waals surface area contributed by atoms with E-state index in [0.29, 0.717) is 12.1 Å². The van der Waals surface area contributed by atoms with Gasteiger partial charge in [0.25, 0.3) is 10.0 Å². The summed E-state index contributed by atoms with van der Waals surface area (Å²) in [4.78, 5) is 4.37. The van der Waals surface area contributed by atoms with Gasteiger partial charge >= 0.3 is 0 Å². The molecule has 0 aliphatic carbocycles. The first-order chi connectivity index (χ1) is 10.4. The second-order valence-electron chi connectivity index (χ2n) is 4.98. The molecule has 2 N–H and O–H groups in total. The summed E-state index contributed by atoms with van der Waals surface area (Å²) in [5.41, 5.74) is 2.39. The predicted molar refractivity (Wildman–Crippen MR) is 89.6 cm³/mol. The highest BCUT2D eigenvalue weighted by molar-refractivity contribution is 7.92. The van der Waals surface area contributed by atoms with E-state index < -0.39 is 10.0 Å². The maximum atomic E-state index is 12.5. The van der Waals surface area contributed by atoms with Crippen molar-refractivity contribution in [2.24, 2.45) is 0 Å². The molecule has 0 saturated carbocycles. The molecule has 116 valence electrons. The number of aromatic nitrogens is 1. The number of hydrogen-bond donors (Lipinski definition) is 2. The van der Waals surface area contributed by atoms with Crippen molar-refractivity contribution >= 4 is 21.5 Å². The molecule has 0 atom stereocenters. The van der Waals surface area contributed by atoms with Crippen LogP contribution in [-0.4, -0.2) is 19.9 Å². The first-order valence-corrected chi connectivity index (χ1v) is 8.31. The lowest BCUT2D eigenvalue weighted by Crippen LogP contribution is -2.15. The Morgan fingerprint density at radius 1 is 1.23 bits per heavy atom. The van der Waals surface area contributed by atoms with Gasteiger partial charge in [0.2, 0.25) is 0 Å². The van der Waals surface area contributed by atoms with Gasteiger partial charge in [0.15, 0.2) is 0 Å². The summed E-state index contributed by atoms with van der Waals surface area (Å²) in [6.45, 7) is 7.86. The molecule has 1 aromatic carbocycles. The van der Waals surface area contributed by atoms with E-state index in [2.05, 4.69) is 21.6 Å². The molecule has 1 aromatic heterocycles. The highest BCUT2D eigenvalue weighted by atomic mass is 32.2. The monoisotopic (exact) mass is 317 g/mol. The van der Waals surface area contributed by atoms with Crippen LogP contribution >= 0.6 is 0 Å². The van der Waals surface area contributed by atoms with Crippen LogP contribution in [0.4, 0.5) is 11.5 Å². The Labute approximate surface area is 131 Å². The van der Waals surface area contributed by atoms with Gasteiger partial charge < -0.3 is 5.32 Å². The lowest BCUT2D eigenvalue weighted by atomic mass is 10.2. The number of aryl methyl sites for hydroxylation is 2. The summed E-state index contributed by atoms with van der Waals surface area (Å²) in [7, 11) is -3.65. The van der Waals surface area contributed by atoms with E-state index >= 15 is 0 Å². The van der Waals surface area contributed by atoms with Crippen LogP contribution in [0.5, 0.6) is 0 Å². The SMILES string of the molecule is C=CCNc1ccc(NS(=O)(=O)c2cc(C)ccc2C)nc1. The minimum Gasteiger partial charge on any atom is -0.380 e. The van der Waals surface area contributed by atoms with E-state index in [4.69, 9.17) is 0 Å². The fourth-order valence-electron chi connectivity index (χ4n) is 1.94. The van der Waals surface area contributed by atoms with Gasteiger partial charge in [-0.25, -0.2) is 13.4 Å². The minimum absolute atomic E-state index is 0.267.